The second-order valence-corrected chi connectivity index (χ2v) is 9.50. The summed E-state index contributed by atoms with van der Waals surface area (Å²) in [5.41, 5.74) is 0.918. The third-order valence-corrected chi connectivity index (χ3v) is 7.27. The predicted octanol–water partition coefficient (Wildman–Crippen LogP) is 5.08. The summed E-state index contributed by atoms with van der Waals surface area (Å²) in [5.74, 6) is 1.84. The molecule has 2 heterocycles. The largest absolute Gasteiger partial charge is 0.439 e. The lowest BCUT2D eigenvalue weighted by Crippen LogP contribution is -2.42. The summed E-state index contributed by atoms with van der Waals surface area (Å²) in [5, 5.41) is 0. The minimum absolute atomic E-state index is 0.119. The molecule has 3 rings (SSSR count). The quantitative estimate of drug-likeness (QED) is 0.716. The molecule has 4 nitrogen and oxygen atoms in total. The van der Waals surface area contributed by atoms with Gasteiger partial charge in [0.15, 0.2) is 0 Å². The van der Waals surface area contributed by atoms with Crippen molar-refractivity contribution in [1.29, 1.82) is 0 Å². The standard InChI is InChI=1S/C20H25NO3S2/c1-13(2)16(12-17-25-10-7-11-26-17)19(22)21-14(3)18(24-20(21)23)15-8-5-4-6-9-15/h4-6,8-9,12-14,16,18H,7,10-11H2,1-3H3/t14-,16+,18-/m1/s1. The zero-order chi connectivity index (χ0) is 18.7. The number of benzene rings is 1. The first-order valence-corrected chi connectivity index (χ1v) is 11.0. The normalized spacial score (nSPS) is 24.5. The molecule has 2 amide bonds. The number of ether oxygens (including phenoxy) is 1. The SMILES string of the molecule is CC(C)[C@H](C=C1SCCCS1)C(=O)N1C(=O)O[C@@H](c2ccccc2)[C@H]1C. The molecule has 2 aliphatic heterocycles. The zero-order valence-electron chi connectivity index (χ0n) is 15.4. The van der Waals surface area contributed by atoms with E-state index in [0.717, 1.165) is 17.1 Å². The average molecular weight is 392 g/mol. The fourth-order valence-electron chi connectivity index (χ4n) is 3.24. The Hall–Kier alpha value is -1.40. The molecule has 0 aromatic heterocycles. The zero-order valence-corrected chi connectivity index (χ0v) is 17.0. The van der Waals surface area contributed by atoms with E-state index in [9.17, 15) is 9.59 Å². The Morgan fingerprint density at radius 1 is 1.23 bits per heavy atom. The Morgan fingerprint density at radius 2 is 1.88 bits per heavy atom. The monoisotopic (exact) mass is 391 g/mol. The molecule has 2 fully saturated rings. The molecule has 0 radical (unpaired) electrons. The van der Waals surface area contributed by atoms with Crippen molar-refractivity contribution in [2.45, 2.75) is 39.3 Å². The molecule has 1 aromatic carbocycles. The number of thioether (sulfide) groups is 2. The number of cyclic esters (lactones) is 1. The van der Waals surface area contributed by atoms with Gasteiger partial charge in [-0.1, -0.05) is 50.3 Å². The van der Waals surface area contributed by atoms with Crippen LogP contribution in [0.4, 0.5) is 4.79 Å². The maximum absolute atomic E-state index is 13.2. The van der Waals surface area contributed by atoms with Gasteiger partial charge in [0.05, 0.1) is 12.0 Å². The van der Waals surface area contributed by atoms with Gasteiger partial charge in [-0.15, -0.1) is 23.5 Å². The van der Waals surface area contributed by atoms with E-state index in [2.05, 4.69) is 6.08 Å². The predicted molar refractivity (Wildman–Crippen MR) is 108 cm³/mol. The number of amides is 2. The van der Waals surface area contributed by atoms with E-state index in [1.54, 1.807) is 23.5 Å². The molecular formula is C20H25NO3S2. The van der Waals surface area contributed by atoms with Crippen LogP contribution in [0.25, 0.3) is 0 Å². The molecule has 2 aliphatic rings. The fraction of sp³-hybridized carbons (Fsp3) is 0.500. The Labute approximate surface area is 163 Å². The number of carbonyl (C=O) groups is 2. The van der Waals surface area contributed by atoms with Crippen molar-refractivity contribution in [3.05, 3.63) is 46.2 Å². The summed E-state index contributed by atoms with van der Waals surface area (Å²) in [4.78, 5) is 27.0. The lowest BCUT2D eigenvalue weighted by atomic mass is 9.93. The van der Waals surface area contributed by atoms with Crippen LogP contribution in [-0.4, -0.2) is 34.4 Å². The van der Waals surface area contributed by atoms with E-state index in [4.69, 9.17) is 4.74 Å². The molecule has 0 spiro atoms. The van der Waals surface area contributed by atoms with Gasteiger partial charge in [-0.2, -0.15) is 0 Å². The summed E-state index contributed by atoms with van der Waals surface area (Å²) in [6.07, 6.45) is 2.30. The lowest BCUT2D eigenvalue weighted by Gasteiger charge is -2.26. The molecule has 0 aliphatic carbocycles. The third kappa shape index (κ3) is 4.12. The topological polar surface area (TPSA) is 46.6 Å². The lowest BCUT2D eigenvalue weighted by molar-refractivity contribution is -0.133. The van der Waals surface area contributed by atoms with Crippen molar-refractivity contribution >= 4 is 35.5 Å². The Balaban J connectivity index is 1.81. The highest BCUT2D eigenvalue weighted by atomic mass is 32.2. The van der Waals surface area contributed by atoms with Gasteiger partial charge < -0.3 is 4.74 Å². The molecule has 0 saturated carbocycles. The molecule has 26 heavy (non-hydrogen) atoms. The molecule has 2 saturated heterocycles. The Bertz CT molecular complexity index is 682. The van der Waals surface area contributed by atoms with E-state index >= 15 is 0 Å². The molecule has 6 heteroatoms. The fourth-order valence-corrected chi connectivity index (χ4v) is 5.73. The van der Waals surface area contributed by atoms with Crippen LogP contribution in [0.15, 0.2) is 40.6 Å². The number of hydrogen-bond acceptors (Lipinski definition) is 5. The van der Waals surface area contributed by atoms with Gasteiger partial charge in [0.1, 0.15) is 6.10 Å². The first kappa shape index (κ1) is 19.4. The Kier molecular flexibility index (Phi) is 6.35. The van der Waals surface area contributed by atoms with Crippen LogP contribution in [0.2, 0.25) is 0 Å². The first-order chi connectivity index (χ1) is 12.5. The van der Waals surface area contributed by atoms with E-state index in [0.29, 0.717) is 0 Å². The molecule has 0 N–H and O–H groups in total. The summed E-state index contributed by atoms with van der Waals surface area (Å²) < 4.78 is 6.75. The van der Waals surface area contributed by atoms with Crippen LogP contribution in [-0.2, 0) is 9.53 Å². The van der Waals surface area contributed by atoms with E-state index in [1.807, 2.05) is 51.1 Å². The van der Waals surface area contributed by atoms with E-state index in [-0.39, 0.29) is 23.8 Å². The van der Waals surface area contributed by atoms with Crippen molar-refractivity contribution in [3.8, 4) is 0 Å². The van der Waals surface area contributed by atoms with Crippen molar-refractivity contribution < 1.29 is 14.3 Å². The van der Waals surface area contributed by atoms with Crippen LogP contribution in [0, 0.1) is 11.8 Å². The van der Waals surface area contributed by atoms with E-state index < -0.39 is 12.2 Å². The summed E-state index contributed by atoms with van der Waals surface area (Å²) in [6.45, 7) is 5.94. The molecule has 1 aromatic rings. The van der Waals surface area contributed by atoms with Gasteiger partial charge in [-0.05, 0) is 36.3 Å². The maximum atomic E-state index is 13.2. The third-order valence-electron chi connectivity index (χ3n) is 4.73. The highest BCUT2D eigenvalue weighted by Crippen LogP contribution is 2.38. The average Bonchev–Trinajstić information content (AvgIpc) is 2.95. The van der Waals surface area contributed by atoms with E-state index in [1.165, 1.54) is 15.6 Å². The summed E-state index contributed by atoms with van der Waals surface area (Å²) >= 11 is 3.61. The van der Waals surface area contributed by atoms with Gasteiger partial charge in [0.25, 0.3) is 0 Å². The molecular weight excluding hydrogens is 366 g/mol. The smallest absolute Gasteiger partial charge is 0.417 e. The van der Waals surface area contributed by atoms with Crippen LogP contribution in [0.1, 0.15) is 38.9 Å². The van der Waals surface area contributed by atoms with Gasteiger partial charge in [-0.3, -0.25) is 4.79 Å². The minimum Gasteiger partial charge on any atom is -0.439 e. The number of hydrogen-bond donors (Lipinski definition) is 0. The highest BCUT2D eigenvalue weighted by molar-refractivity contribution is 8.22. The number of carbonyl (C=O) groups excluding carboxylic acids is 2. The maximum Gasteiger partial charge on any atom is 0.417 e. The van der Waals surface area contributed by atoms with Crippen molar-refractivity contribution in [2.75, 3.05) is 11.5 Å². The van der Waals surface area contributed by atoms with Gasteiger partial charge in [0.2, 0.25) is 5.91 Å². The summed E-state index contributed by atoms with van der Waals surface area (Å²) in [7, 11) is 0. The van der Waals surface area contributed by atoms with Gasteiger partial charge >= 0.3 is 6.09 Å². The molecule has 3 atom stereocenters. The molecule has 0 unspecified atom stereocenters. The number of imide groups is 1. The second kappa shape index (κ2) is 8.53. The van der Waals surface area contributed by atoms with Crippen molar-refractivity contribution in [2.24, 2.45) is 11.8 Å². The first-order valence-electron chi connectivity index (χ1n) is 9.05. The van der Waals surface area contributed by atoms with Crippen LogP contribution in [0.5, 0.6) is 0 Å². The van der Waals surface area contributed by atoms with Gasteiger partial charge in [0, 0.05) is 4.24 Å². The molecule has 0 bridgehead atoms. The van der Waals surface area contributed by atoms with Crippen LogP contribution in [0.3, 0.4) is 0 Å². The van der Waals surface area contributed by atoms with Crippen molar-refractivity contribution in [3.63, 3.8) is 0 Å². The van der Waals surface area contributed by atoms with Crippen LogP contribution >= 0.6 is 23.5 Å². The Morgan fingerprint density at radius 3 is 2.50 bits per heavy atom. The minimum atomic E-state index is -0.538. The van der Waals surface area contributed by atoms with Crippen LogP contribution < -0.4 is 0 Å². The number of rotatable bonds is 4. The van der Waals surface area contributed by atoms with Gasteiger partial charge in [-0.25, -0.2) is 9.69 Å². The second-order valence-electron chi connectivity index (χ2n) is 6.97. The summed E-state index contributed by atoms with van der Waals surface area (Å²) in [6, 6.07) is 9.30. The highest BCUT2D eigenvalue weighted by Gasteiger charge is 2.45. The van der Waals surface area contributed by atoms with Crippen molar-refractivity contribution in [1.82, 2.24) is 4.90 Å². The number of nitrogens with zero attached hydrogens (tertiary/aromatic N) is 1. The molecule has 140 valence electrons.